The smallest absolute Gasteiger partial charge is 0.414 e. The van der Waals surface area contributed by atoms with E-state index in [2.05, 4.69) is 11.9 Å². The monoisotopic (exact) mass is 515 g/mol. The van der Waals surface area contributed by atoms with Crippen LogP contribution in [0.5, 0.6) is 5.75 Å². The zero-order chi connectivity index (χ0) is 27.3. The van der Waals surface area contributed by atoms with E-state index in [9.17, 15) is 19.5 Å². The lowest BCUT2D eigenvalue weighted by Gasteiger charge is -2.61. The number of amides is 2. The number of hydrogen-bond acceptors (Lipinski definition) is 6. The van der Waals surface area contributed by atoms with Crippen molar-refractivity contribution >= 4 is 17.8 Å². The number of alkyl halides is 1. The van der Waals surface area contributed by atoms with Crippen LogP contribution in [-0.2, 0) is 9.53 Å². The molecule has 8 heteroatoms. The van der Waals surface area contributed by atoms with Crippen LogP contribution >= 0.6 is 0 Å². The summed E-state index contributed by atoms with van der Waals surface area (Å²) in [5.74, 6) is -1.68. The van der Waals surface area contributed by atoms with E-state index in [0.29, 0.717) is 18.6 Å². The van der Waals surface area contributed by atoms with Crippen LogP contribution in [0, 0.1) is 34.0 Å². The highest BCUT2D eigenvalue weighted by Crippen LogP contribution is 2.68. The van der Waals surface area contributed by atoms with Crippen LogP contribution in [0.3, 0.4) is 0 Å². The first-order chi connectivity index (χ1) is 17.3. The van der Waals surface area contributed by atoms with Gasteiger partial charge in [-0.15, -0.1) is 6.58 Å². The van der Waals surface area contributed by atoms with Crippen molar-refractivity contribution in [2.24, 2.45) is 34.0 Å². The molecule has 0 saturated heterocycles. The number of alkyl carbamates (subject to hydrolysis) is 1. The maximum absolute atomic E-state index is 15.2. The molecule has 0 radical (unpaired) electrons. The van der Waals surface area contributed by atoms with Crippen LogP contribution in [0.2, 0.25) is 0 Å². The number of carbonyl (C=O) groups excluding carboxylic acids is 3. The summed E-state index contributed by atoms with van der Waals surface area (Å²) in [6.45, 7) is 11.6. The number of ketones is 1. The average molecular weight is 516 g/mol. The van der Waals surface area contributed by atoms with Crippen molar-refractivity contribution in [1.29, 1.82) is 0 Å². The minimum absolute atomic E-state index is 0.0547. The maximum atomic E-state index is 15.2. The summed E-state index contributed by atoms with van der Waals surface area (Å²) in [6, 6.07) is 6.27. The van der Waals surface area contributed by atoms with Gasteiger partial charge in [0, 0.05) is 22.3 Å². The number of ether oxygens (including phenoxy) is 2. The molecule has 0 spiro atoms. The third-order valence-electron chi connectivity index (χ3n) is 10.1. The van der Waals surface area contributed by atoms with Gasteiger partial charge in [0.15, 0.2) is 12.0 Å². The SMILES string of the molecule is C=C[C@]1(C)C[C@@H](OC(=O)NC(=O)c2ccc(OC)cc2)[C@]2(C)C(C)CC[C@]3(C[C@@H](F)C(=O)C32)[C@@H](C)[C@@H]1O. The maximum Gasteiger partial charge on any atom is 0.414 e. The van der Waals surface area contributed by atoms with Crippen molar-refractivity contribution < 1.29 is 33.4 Å². The van der Waals surface area contributed by atoms with Crippen LogP contribution in [0.15, 0.2) is 36.9 Å². The molecule has 7 nitrogen and oxygen atoms in total. The predicted molar refractivity (Wildman–Crippen MR) is 136 cm³/mol. The first-order valence-corrected chi connectivity index (χ1v) is 13.0. The molecule has 37 heavy (non-hydrogen) atoms. The number of imide groups is 1. The predicted octanol–water partition coefficient (Wildman–Crippen LogP) is 4.87. The van der Waals surface area contributed by atoms with E-state index in [-0.39, 0.29) is 30.2 Å². The van der Waals surface area contributed by atoms with Gasteiger partial charge in [-0.25, -0.2) is 9.18 Å². The Morgan fingerprint density at radius 1 is 1.19 bits per heavy atom. The topological polar surface area (TPSA) is 102 Å². The average Bonchev–Trinajstić information content (AvgIpc) is 3.15. The first kappa shape index (κ1) is 27.3. The molecule has 3 saturated carbocycles. The summed E-state index contributed by atoms with van der Waals surface area (Å²) >= 11 is 0. The molecule has 3 aliphatic carbocycles. The van der Waals surface area contributed by atoms with Gasteiger partial charge in [-0.1, -0.05) is 33.8 Å². The van der Waals surface area contributed by atoms with E-state index in [4.69, 9.17) is 9.47 Å². The molecule has 4 rings (SSSR count). The largest absolute Gasteiger partial charge is 0.497 e. The minimum Gasteiger partial charge on any atom is -0.497 e. The number of halogens is 1. The molecule has 0 aliphatic heterocycles. The third kappa shape index (κ3) is 4.17. The quantitative estimate of drug-likeness (QED) is 0.555. The minimum atomic E-state index is -1.62. The summed E-state index contributed by atoms with van der Waals surface area (Å²) in [7, 11) is 1.51. The number of Topliss-reactive ketones (excluding diaryl/α,β-unsaturated/α-hetero) is 1. The van der Waals surface area contributed by atoms with Crippen LogP contribution in [-0.4, -0.2) is 48.4 Å². The number of hydrogen-bond donors (Lipinski definition) is 2. The molecular formula is C29H38FNO6. The van der Waals surface area contributed by atoms with Crippen molar-refractivity contribution in [1.82, 2.24) is 5.32 Å². The van der Waals surface area contributed by atoms with E-state index < -0.39 is 58.3 Å². The van der Waals surface area contributed by atoms with Crippen molar-refractivity contribution in [3.8, 4) is 5.75 Å². The van der Waals surface area contributed by atoms with Gasteiger partial charge in [-0.05, 0) is 67.2 Å². The standard InChI is InChI=1S/C29H38FNO6/c1-7-27(4)15-21(37-26(35)31-25(34)18-8-10-19(36-6)11-9-18)28(5)16(2)12-13-29(17(3)24(27)33)14-20(30)22(32)23(28)29/h7-11,16-17,20-21,23-24,33H,1,12-15H2,2-6H3,(H,31,34,35)/t16?,17-,20+,21+,23?,24-,27+,28-,29-/m0/s1. The molecule has 0 heterocycles. The summed E-state index contributed by atoms with van der Waals surface area (Å²) in [5, 5.41) is 13.8. The van der Waals surface area contributed by atoms with Gasteiger partial charge in [-0.2, -0.15) is 0 Å². The summed E-state index contributed by atoms with van der Waals surface area (Å²) in [5.41, 5.74) is -2.26. The molecule has 0 aromatic heterocycles. The molecule has 2 amide bonds. The van der Waals surface area contributed by atoms with Gasteiger partial charge in [-0.3, -0.25) is 14.9 Å². The number of methoxy groups -OCH3 is 1. The van der Waals surface area contributed by atoms with E-state index >= 15 is 4.39 Å². The van der Waals surface area contributed by atoms with Gasteiger partial charge in [0.05, 0.1) is 13.2 Å². The van der Waals surface area contributed by atoms with Gasteiger partial charge >= 0.3 is 6.09 Å². The van der Waals surface area contributed by atoms with Gasteiger partial charge in [0.2, 0.25) is 0 Å². The summed E-state index contributed by atoms with van der Waals surface area (Å²) < 4.78 is 26.2. The molecule has 3 aliphatic rings. The fraction of sp³-hybridized carbons (Fsp3) is 0.621. The second-order valence-electron chi connectivity index (χ2n) is 11.8. The Morgan fingerprint density at radius 2 is 1.84 bits per heavy atom. The van der Waals surface area contributed by atoms with Gasteiger partial charge in [0.25, 0.3) is 5.91 Å². The normalized spacial score (nSPS) is 41.1. The van der Waals surface area contributed by atoms with E-state index in [1.807, 2.05) is 27.7 Å². The Balaban J connectivity index is 1.70. The molecule has 2 bridgehead atoms. The molecule has 3 fully saturated rings. The molecule has 202 valence electrons. The van der Waals surface area contributed by atoms with Crippen LogP contribution in [0.25, 0.3) is 0 Å². The second-order valence-corrected chi connectivity index (χ2v) is 11.8. The van der Waals surface area contributed by atoms with E-state index in [1.54, 1.807) is 18.2 Å². The van der Waals surface area contributed by atoms with Gasteiger partial charge < -0.3 is 14.6 Å². The Morgan fingerprint density at radius 3 is 2.43 bits per heavy atom. The zero-order valence-electron chi connectivity index (χ0n) is 22.3. The molecule has 1 aromatic rings. The number of nitrogens with one attached hydrogen (secondary N) is 1. The highest BCUT2D eigenvalue weighted by atomic mass is 19.1. The lowest BCUT2D eigenvalue weighted by Crippen LogP contribution is -2.63. The van der Waals surface area contributed by atoms with Crippen molar-refractivity contribution in [3.63, 3.8) is 0 Å². The lowest BCUT2D eigenvalue weighted by molar-refractivity contribution is -0.191. The van der Waals surface area contributed by atoms with Gasteiger partial charge in [0.1, 0.15) is 11.9 Å². The lowest BCUT2D eigenvalue weighted by atomic mass is 9.44. The number of carbonyl (C=O) groups is 3. The summed E-state index contributed by atoms with van der Waals surface area (Å²) in [6.07, 6.45) is -1.13. The first-order valence-electron chi connectivity index (χ1n) is 13.0. The van der Waals surface area contributed by atoms with Crippen LogP contribution in [0.4, 0.5) is 9.18 Å². The number of aliphatic hydroxyl groups is 1. The van der Waals surface area contributed by atoms with Crippen LogP contribution < -0.4 is 10.1 Å². The van der Waals surface area contributed by atoms with E-state index in [0.717, 1.165) is 0 Å². The highest BCUT2D eigenvalue weighted by Gasteiger charge is 2.70. The molecule has 2 unspecified atom stereocenters. The Kier molecular flexibility index (Phi) is 7.03. The fourth-order valence-corrected chi connectivity index (χ4v) is 7.51. The fourth-order valence-electron chi connectivity index (χ4n) is 7.51. The molecule has 1 aromatic carbocycles. The Bertz CT molecular complexity index is 1090. The summed E-state index contributed by atoms with van der Waals surface area (Å²) in [4.78, 5) is 39.2. The highest BCUT2D eigenvalue weighted by molar-refractivity contribution is 6.03. The third-order valence-corrected chi connectivity index (χ3v) is 10.1. The zero-order valence-corrected chi connectivity index (χ0v) is 22.3. The molecular weight excluding hydrogens is 477 g/mol. The number of benzene rings is 1. The van der Waals surface area contributed by atoms with E-state index in [1.165, 1.54) is 19.2 Å². The Labute approximate surface area is 217 Å². The molecule has 9 atom stereocenters. The van der Waals surface area contributed by atoms with Crippen molar-refractivity contribution in [2.45, 2.75) is 71.8 Å². The molecule has 2 N–H and O–H groups in total. The Hall–Kier alpha value is -2.74. The second kappa shape index (κ2) is 9.53. The van der Waals surface area contributed by atoms with Crippen molar-refractivity contribution in [2.75, 3.05) is 7.11 Å². The number of aliphatic hydroxyl groups excluding tert-OH is 1. The van der Waals surface area contributed by atoms with Crippen molar-refractivity contribution in [3.05, 3.63) is 42.5 Å². The number of rotatable bonds is 4. The van der Waals surface area contributed by atoms with Crippen LogP contribution in [0.1, 0.15) is 63.7 Å².